The Labute approximate surface area is 136 Å². The number of nitrogens with zero attached hydrogens (tertiary/aromatic N) is 1. The SMILES string of the molecule is O=C(c1cc(Br)ccc1Cl)c1ccc(C(F)(F)F)nc1Cl. The molecule has 1 aromatic carbocycles. The van der Waals surface area contributed by atoms with Gasteiger partial charge in [-0.1, -0.05) is 39.1 Å². The van der Waals surface area contributed by atoms with Crippen LogP contribution < -0.4 is 0 Å². The quantitative estimate of drug-likeness (QED) is 0.500. The molecule has 21 heavy (non-hydrogen) atoms. The minimum Gasteiger partial charge on any atom is -0.288 e. The third kappa shape index (κ3) is 3.56. The molecule has 0 atom stereocenters. The zero-order chi connectivity index (χ0) is 15.8. The summed E-state index contributed by atoms with van der Waals surface area (Å²) in [6.07, 6.45) is -4.63. The number of rotatable bonds is 2. The largest absolute Gasteiger partial charge is 0.433 e. The molecular weight excluding hydrogens is 394 g/mol. The van der Waals surface area contributed by atoms with Crippen LogP contribution in [0.4, 0.5) is 13.2 Å². The van der Waals surface area contributed by atoms with E-state index in [1.165, 1.54) is 12.1 Å². The van der Waals surface area contributed by atoms with E-state index in [9.17, 15) is 18.0 Å². The van der Waals surface area contributed by atoms with Gasteiger partial charge in [-0.15, -0.1) is 0 Å². The van der Waals surface area contributed by atoms with Crippen molar-refractivity contribution in [1.29, 1.82) is 0 Å². The van der Waals surface area contributed by atoms with Crippen LogP contribution in [0.1, 0.15) is 21.6 Å². The van der Waals surface area contributed by atoms with Crippen molar-refractivity contribution in [3.05, 3.63) is 61.8 Å². The Bertz CT molecular complexity index is 719. The van der Waals surface area contributed by atoms with Gasteiger partial charge in [0.05, 0.1) is 10.6 Å². The molecule has 2 aromatic rings. The van der Waals surface area contributed by atoms with Crippen molar-refractivity contribution < 1.29 is 18.0 Å². The number of halogens is 6. The molecule has 0 amide bonds. The molecule has 2 nitrogen and oxygen atoms in total. The lowest BCUT2D eigenvalue weighted by atomic mass is 10.0. The van der Waals surface area contributed by atoms with Gasteiger partial charge in [-0.2, -0.15) is 13.2 Å². The third-order valence-corrected chi connectivity index (χ3v) is 3.67. The molecule has 1 heterocycles. The lowest BCUT2D eigenvalue weighted by Crippen LogP contribution is -2.11. The highest BCUT2D eigenvalue weighted by Gasteiger charge is 2.33. The average molecular weight is 399 g/mol. The summed E-state index contributed by atoms with van der Waals surface area (Å²) < 4.78 is 38.1. The number of ketones is 1. The average Bonchev–Trinajstić information content (AvgIpc) is 2.39. The Morgan fingerprint density at radius 3 is 2.33 bits per heavy atom. The molecule has 8 heteroatoms. The molecule has 0 spiro atoms. The van der Waals surface area contributed by atoms with Crippen molar-refractivity contribution in [2.24, 2.45) is 0 Å². The van der Waals surface area contributed by atoms with Crippen LogP contribution >= 0.6 is 39.1 Å². The number of carbonyl (C=O) groups is 1. The number of carbonyl (C=O) groups excluding carboxylic acids is 1. The lowest BCUT2D eigenvalue weighted by molar-refractivity contribution is -0.141. The summed E-state index contributed by atoms with van der Waals surface area (Å²) in [7, 11) is 0. The molecular formula is C13H5BrCl2F3NO. The molecule has 0 fully saturated rings. The van der Waals surface area contributed by atoms with Crippen molar-refractivity contribution in [3.8, 4) is 0 Å². The van der Waals surface area contributed by atoms with E-state index in [-0.39, 0.29) is 16.1 Å². The van der Waals surface area contributed by atoms with Crippen LogP contribution in [0.2, 0.25) is 10.2 Å². The Morgan fingerprint density at radius 1 is 1.10 bits per heavy atom. The van der Waals surface area contributed by atoms with E-state index in [2.05, 4.69) is 20.9 Å². The standard InChI is InChI=1S/C13H5BrCl2F3NO/c14-6-1-3-9(15)8(5-6)11(21)7-2-4-10(13(17,18)19)20-12(7)16/h1-5H. The fourth-order valence-electron chi connectivity index (χ4n) is 1.58. The van der Waals surface area contributed by atoms with E-state index in [0.717, 1.165) is 6.07 Å². The number of benzene rings is 1. The van der Waals surface area contributed by atoms with Gasteiger partial charge in [-0.05, 0) is 30.3 Å². The number of aromatic nitrogens is 1. The molecule has 110 valence electrons. The normalized spacial score (nSPS) is 11.5. The minimum absolute atomic E-state index is 0.120. The third-order valence-electron chi connectivity index (χ3n) is 2.56. The zero-order valence-electron chi connectivity index (χ0n) is 10.0. The van der Waals surface area contributed by atoms with E-state index >= 15 is 0 Å². The maximum Gasteiger partial charge on any atom is 0.433 e. The van der Waals surface area contributed by atoms with E-state index < -0.39 is 22.8 Å². The van der Waals surface area contributed by atoms with Crippen molar-refractivity contribution in [2.45, 2.75) is 6.18 Å². The molecule has 0 radical (unpaired) electrons. The Kier molecular flexibility index (Phi) is 4.60. The van der Waals surface area contributed by atoms with Gasteiger partial charge in [0.1, 0.15) is 10.8 Å². The fourth-order valence-corrected chi connectivity index (χ4v) is 2.38. The molecule has 0 unspecified atom stereocenters. The highest BCUT2D eigenvalue weighted by atomic mass is 79.9. The van der Waals surface area contributed by atoms with Crippen molar-refractivity contribution in [1.82, 2.24) is 4.98 Å². The molecule has 1 aromatic heterocycles. The molecule has 0 aliphatic rings. The van der Waals surface area contributed by atoms with Gasteiger partial charge in [-0.3, -0.25) is 4.79 Å². The van der Waals surface area contributed by atoms with Crippen molar-refractivity contribution in [2.75, 3.05) is 0 Å². The van der Waals surface area contributed by atoms with E-state index in [4.69, 9.17) is 23.2 Å². The van der Waals surface area contributed by atoms with Gasteiger partial charge in [0, 0.05) is 10.0 Å². The van der Waals surface area contributed by atoms with E-state index in [1.54, 1.807) is 6.07 Å². The van der Waals surface area contributed by atoms with Crippen LogP contribution in [0.3, 0.4) is 0 Å². The Morgan fingerprint density at radius 2 is 1.76 bits per heavy atom. The van der Waals surface area contributed by atoms with E-state index in [0.29, 0.717) is 10.5 Å². The second-order valence-corrected chi connectivity index (χ2v) is 5.67. The van der Waals surface area contributed by atoms with Crippen LogP contribution in [0, 0.1) is 0 Å². The Hall–Kier alpha value is -1.11. The first-order chi connectivity index (χ1) is 9.70. The first-order valence-electron chi connectivity index (χ1n) is 5.43. The molecule has 0 bridgehead atoms. The van der Waals surface area contributed by atoms with Crippen molar-refractivity contribution >= 4 is 44.9 Å². The topological polar surface area (TPSA) is 30.0 Å². The highest BCUT2D eigenvalue weighted by Crippen LogP contribution is 2.31. The second kappa shape index (κ2) is 5.94. The van der Waals surface area contributed by atoms with Gasteiger partial charge < -0.3 is 0 Å². The van der Waals surface area contributed by atoms with Crippen LogP contribution in [0.25, 0.3) is 0 Å². The monoisotopic (exact) mass is 397 g/mol. The van der Waals surface area contributed by atoms with Crippen LogP contribution in [0.5, 0.6) is 0 Å². The molecule has 0 saturated heterocycles. The summed E-state index contributed by atoms with van der Waals surface area (Å²) in [4.78, 5) is 15.5. The number of pyridine rings is 1. The summed E-state index contributed by atoms with van der Waals surface area (Å²) in [5.41, 5.74) is -1.19. The van der Waals surface area contributed by atoms with Gasteiger partial charge >= 0.3 is 6.18 Å². The minimum atomic E-state index is -4.63. The zero-order valence-corrected chi connectivity index (χ0v) is 13.1. The van der Waals surface area contributed by atoms with Gasteiger partial charge in [-0.25, -0.2) is 4.98 Å². The molecule has 2 rings (SSSR count). The molecule has 0 N–H and O–H groups in total. The van der Waals surface area contributed by atoms with Crippen LogP contribution in [0.15, 0.2) is 34.8 Å². The first-order valence-corrected chi connectivity index (χ1v) is 6.98. The lowest BCUT2D eigenvalue weighted by Gasteiger charge is -2.09. The van der Waals surface area contributed by atoms with Gasteiger partial charge in [0.2, 0.25) is 0 Å². The highest BCUT2D eigenvalue weighted by molar-refractivity contribution is 9.10. The fraction of sp³-hybridized carbons (Fsp3) is 0.0769. The summed E-state index contributed by atoms with van der Waals surface area (Å²) >= 11 is 14.8. The maximum atomic E-state index is 12.5. The molecule has 0 aliphatic carbocycles. The van der Waals surface area contributed by atoms with Crippen LogP contribution in [-0.4, -0.2) is 10.8 Å². The number of hydrogen-bond donors (Lipinski definition) is 0. The van der Waals surface area contributed by atoms with Gasteiger partial charge in [0.25, 0.3) is 0 Å². The predicted octanol–water partition coefficient (Wildman–Crippen LogP) is 5.40. The van der Waals surface area contributed by atoms with E-state index in [1.807, 2.05) is 0 Å². The first kappa shape index (κ1) is 16.3. The molecule has 0 aliphatic heterocycles. The number of hydrogen-bond acceptors (Lipinski definition) is 2. The predicted molar refractivity (Wildman–Crippen MR) is 76.8 cm³/mol. The maximum absolute atomic E-state index is 12.5. The summed E-state index contributed by atoms with van der Waals surface area (Å²) in [6.45, 7) is 0. The summed E-state index contributed by atoms with van der Waals surface area (Å²) in [5.74, 6) is -0.604. The van der Waals surface area contributed by atoms with Crippen molar-refractivity contribution in [3.63, 3.8) is 0 Å². The summed E-state index contributed by atoms with van der Waals surface area (Å²) in [5, 5.41) is -0.356. The summed E-state index contributed by atoms with van der Waals surface area (Å²) in [6, 6.07) is 6.26. The van der Waals surface area contributed by atoms with Crippen LogP contribution in [-0.2, 0) is 6.18 Å². The van der Waals surface area contributed by atoms with Gasteiger partial charge in [0.15, 0.2) is 5.78 Å². The smallest absolute Gasteiger partial charge is 0.288 e. The second-order valence-electron chi connectivity index (χ2n) is 3.99. The number of alkyl halides is 3. The molecule has 0 saturated carbocycles. The Balaban J connectivity index is 2.47.